The van der Waals surface area contributed by atoms with Crippen LogP contribution in [-0.4, -0.2) is 43.4 Å². The Morgan fingerprint density at radius 3 is 3.05 bits per heavy atom. The van der Waals surface area contributed by atoms with E-state index in [9.17, 15) is 9.90 Å². The molecule has 1 heterocycles. The van der Waals surface area contributed by atoms with Crippen molar-refractivity contribution in [1.82, 2.24) is 10.6 Å². The summed E-state index contributed by atoms with van der Waals surface area (Å²) in [6.45, 7) is 3.78. The van der Waals surface area contributed by atoms with Gasteiger partial charge in [0.2, 0.25) is 0 Å². The van der Waals surface area contributed by atoms with Crippen molar-refractivity contribution < 1.29 is 14.6 Å². The number of nitrogens with one attached hydrogen (secondary N) is 2. The predicted molar refractivity (Wildman–Crippen MR) is 72.1 cm³/mol. The van der Waals surface area contributed by atoms with E-state index >= 15 is 0 Å². The molecule has 5 heteroatoms. The largest absolute Gasteiger partial charge is 0.484 e. The highest BCUT2D eigenvalue weighted by atomic mass is 16.5. The van der Waals surface area contributed by atoms with Crippen LogP contribution < -0.4 is 15.4 Å². The van der Waals surface area contributed by atoms with Crippen molar-refractivity contribution in [3.63, 3.8) is 0 Å². The summed E-state index contributed by atoms with van der Waals surface area (Å²) in [5, 5.41) is 15.4. The first-order valence-corrected chi connectivity index (χ1v) is 6.50. The molecule has 0 aliphatic carbocycles. The summed E-state index contributed by atoms with van der Waals surface area (Å²) in [7, 11) is 0. The Kier molecular flexibility index (Phi) is 4.76. The van der Waals surface area contributed by atoms with Crippen LogP contribution in [0.15, 0.2) is 24.3 Å². The summed E-state index contributed by atoms with van der Waals surface area (Å²) in [6.07, 6.45) is -0.377. The molecule has 2 unspecified atom stereocenters. The zero-order valence-corrected chi connectivity index (χ0v) is 11.1. The van der Waals surface area contributed by atoms with Gasteiger partial charge >= 0.3 is 0 Å². The molecule has 3 N–H and O–H groups in total. The summed E-state index contributed by atoms with van der Waals surface area (Å²) < 4.78 is 5.40. The fourth-order valence-electron chi connectivity index (χ4n) is 2.08. The smallest absolute Gasteiger partial charge is 0.257 e. The van der Waals surface area contributed by atoms with E-state index in [2.05, 4.69) is 10.6 Å². The van der Waals surface area contributed by atoms with Crippen molar-refractivity contribution in [3.05, 3.63) is 29.8 Å². The monoisotopic (exact) mass is 264 g/mol. The van der Waals surface area contributed by atoms with E-state index in [1.807, 2.05) is 31.2 Å². The van der Waals surface area contributed by atoms with Crippen LogP contribution in [-0.2, 0) is 4.79 Å². The lowest BCUT2D eigenvalue weighted by atomic mass is 10.1. The molecule has 0 aromatic heterocycles. The number of aliphatic hydroxyl groups excluding tert-OH is 1. The molecule has 1 aromatic carbocycles. The maximum atomic E-state index is 11.6. The molecule has 5 nitrogen and oxygen atoms in total. The average molecular weight is 264 g/mol. The van der Waals surface area contributed by atoms with Crippen LogP contribution in [0, 0.1) is 12.8 Å². The lowest BCUT2D eigenvalue weighted by Crippen LogP contribution is -2.36. The van der Waals surface area contributed by atoms with Gasteiger partial charge in [-0.2, -0.15) is 0 Å². The number of rotatable bonds is 5. The summed E-state index contributed by atoms with van der Waals surface area (Å²) in [6, 6.07) is 7.58. The van der Waals surface area contributed by atoms with Crippen LogP contribution in [0.25, 0.3) is 0 Å². The molecule has 1 amide bonds. The third-order valence-corrected chi connectivity index (χ3v) is 3.23. The molecule has 1 aliphatic rings. The highest BCUT2D eigenvalue weighted by Crippen LogP contribution is 2.12. The van der Waals surface area contributed by atoms with Crippen LogP contribution in [0.2, 0.25) is 0 Å². The number of aryl methyl sites for hydroxylation is 1. The minimum absolute atomic E-state index is 0.000300. The summed E-state index contributed by atoms with van der Waals surface area (Å²) in [5.74, 6) is 0.612. The standard InChI is InChI=1S/C14H20N2O3/c1-10-3-2-4-12(5-10)19-9-14(18)16-7-11-6-15-8-13(11)17/h2-5,11,13,15,17H,6-9H2,1H3,(H,16,18). The molecule has 19 heavy (non-hydrogen) atoms. The van der Waals surface area contributed by atoms with Gasteiger partial charge in [-0.25, -0.2) is 0 Å². The van der Waals surface area contributed by atoms with Gasteiger partial charge in [0.05, 0.1) is 6.10 Å². The number of benzene rings is 1. The van der Waals surface area contributed by atoms with E-state index in [-0.39, 0.29) is 24.5 Å². The van der Waals surface area contributed by atoms with E-state index in [1.54, 1.807) is 0 Å². The Balaban J connectivity index is 1.70. The van der Waals surface area contributed by atoms with Crippen LogP contribution in [0.4, 0.5) is 0 Å². The molecule has 0 spiro atoms. The van der Waals surface area contributed by atoms with Crippen molar-refractivity contribution in [1.29, 1.82) is 0 Å². The van der Waals surface area contributed by atoms with Gasteiger partial charge in [0.1, 0.15) is 5.75 Å². The molecule has 2 atom stereocenters. The molecule has 1 fully saturated rings. The van der Waals surface area contributed by atoms with E-state index in [1.165, 1.54) is 0 Å². The van der Waals surface area contributed by atoms with E-state index in [0.717, 1.165) is 12.1 Å². The van der Waals surface area contributed by atoms with Gasteiger partial charge in [-0.1, -0.05) is 12.1 Å². The van der Waals surface area contributed by atoms with Gasteiger partial charge in [0, 0.05) is 25.6 Å². The number of hydrogen-bond acceptors (Lipinski definition) is 4. The number of aliphatic hydroxyl groups is 1. The summed E-state index contributed by atoms with van der Waals surface area (Å²) in [5.41, 5.74) is 1.10. The number of ether oxygens (including phenoxy) is 1. The Morgan fingerprint density at radius 1 is 1.53 bits per heavy atom. The second-order valence-electron chi connectivity index (χ2n) is 4.89. The van der Waals surface area contributed by atoms with E-state index in [0.29, 0.717) is 18.8 Å². The fourth-order valence-corrected chi connectivity index (χ4v) is 2.08. The normalized spacial score (nSPS) is 22.2. The predicted octanol–water partition coefficient (Wildman–Crippen LogP) is 0.0703. The third-order valence-electron chi connectivity index (χ3n) is 3.23. The molecule has 104 valence electrons. The average Bonchev–Trinajstić information content (AvgIpc) is 2.80. The van der Waals surface area contributed by atoms with Crippen molar-refractivity contribution in [2.24, 2.45) is 5.92 Å². The topological polar surface area (TPSA) is 70.6 Å². The number of β-amino-alcohol motifs (C(OH)–C–C–N with tert-alkyl or cyclic N) is 1. The lowest BCUT2D eigenvalue weighted by molar-refractivity contribution is -0.123. The molecule has 0 saturated carbocycles. The van der Waals surface area contributed by atoms with Crippen LogP contribution >= 0.6 is 0 Å². The van der Waals surface area contributed by atoms with Crippen LogP contribution in [0.5, 0.6) is 5.75 Å². The zero-order valence-electron chi connectivity index (χ0n) is 11.1. The Labute approximate surface area is 113 Å². The van der Waals surface area contributed by atoms with Crippen LogP contribution in [0.3, 0.4) is 0 Å². The Bertz CT molecular complexity index is 436. The first-order chi connectivity index (χ1) is 9.15. The zero-order chi connectivity index (χ0) is 13.7. The SMILES string of the molecule is Cc1cccc(OCC(=O)NCC2CNCC2O)c1. The highest BCUT2D eigenvalue weighted by Gasteiger charge is 2.24. The van der Waals surface area contributed by atoms with E-state index in [4.69, 9.17) is 4.74 Å². The van der Waals surface area contributed by atoms with Crippen molar-refractivity contribution >= 4 is 5.91 Å². The maximum absolute atomic E-state index is 11.6. The molecular formula is C14H20N2O3. The van der Waals surface area contributed by atoms with Crippen molar-refractivity contribution in [2.45, 2.75) is 13.0 Å². The van der Waals surface area contributed by atoms with Crippen molar-refractivity contribution in [2.75, 3.05) is 26.2 Å². The minimum Gasteiger partial charge on any atom is -0.484 e. The molecule has 0 bridgehead atoms. The summed E-state index contributed by atoms with van der Waals surface area (Å²) >= 11 is 0. The van der Waals surface area contributed by atoms with E-state index < -0.39 is 0 Å². The molecule has 0 radical (unpaired) electrons. The van der Waals surface area contributed by atoms with Crippen LogP contribution in [0.1, 0.15) is 5.56 Å². The first kappa shape index (κ1) is 13.8. The molecule has 1 saturated heterocycles. The Hall–Kier alpha value is -1.59. The van der Waals surface area contributed by atoms with Gasteiger partial charge in [0.25, 0.3) is 5.91 Å². The molecular weight excluding hydrogens is 244 g/mol. The minimum atomic E-state index is -0.377. The number of carbonyl (C=O) groups excluding carboxylic acids is 1. The second-order valence-corrected chi connectivity index (χ2v) is 4.89. The third kappa shape index (κ3) is 4.22. The second kappa shape index (κ2) is 6.54. The van der Waals surface area contributed by atoms with Gasteiger partial charge in [0.15, 0.2) is 6.61 Å². The Morgan fingerprint density at radius 2 is 2.37 bits per heavy atom. The fraction of sp³-hybridized carbons (Fsp3) is 0.500. The summed E-state index contributed by atoms with van der Waals surface area (Å²) in [4.78, 5) is 11.6. The van der Waals surface area contributed by atoms with Gasteiger partial charge in [-0.15, -0.1) is 0 Å². The maximum Gasteiger partial charge on any atom is 0.257 e. The van der Waals surface area contributed by atoms with Gasteiger partial charge in [-0.3, -0.25) is 4.79 Å². The van der Waals surface area contributed by atoms with Gasteiger partial charge in [-0.05, 0) is 24.6 Å². The quantitative estimate of drug-likeness (QED) is 0.704. The number of carbonyl (C=O) groups is 1. The molecule has 1 aliphatic heterocycles. The highest BCUT2D eigenvalue weighted by molar-refractivity contribution is 5.77. The number of hydrogen-bond donors (Lipinski definition) is 3. The van der Waals surface area contributed by atoms with Crippen molar-refractivity contribution in [3.8, 4) is 5.75 Å². The first-order valence-electron chi connectivity index (χ1n) is 6.50. The van der Waals surface area contributed by atoms with Gasteiger partial charge < -0.3 is 20.5 Å². The number of amides is 1. The lowest BCUT2D eigenvalue weighted by Gasteiger charge is -2.14. The molecule has 2 rings (SSSR count). The molecule has 1 aromatic rings.